The van der Waals surface area contributed by atoms with Crippen molar-refractivity contribution in [2.75, 3.05) is 19.7 Å². The van der Waals surface area contributed by atoms with Crippen molar-refractivity contribution in [2.45, 2.75) is 50.6 Å². The lowest BCUT2D eigenvalue weighted by Crippen LogP contribution is -2.57. The maximum absolute atomic E-state index is 13.2. The third kappa shape index (κ3) is 2.97. The number of β-amino-alcohol motifs (C(OH)–C–C–N with tert-alkyl or cyclic N) is 1. The van der Waals surface area contributed by atoms with Gasteiger partial charge in [0.15, 0.2) is 0 Å². The van der Waals surface area contributed by atoms with E-state index in [1.807, 2.05) is 6.92 Å². The molecule has 0 radical (unpaired) electrons. The van der Waals surface area contributed by atoms with Crippen molar-refractivity contribution in [1.82, 2.24) is 4.90 Å². The van der Waals surface area contributed by atoms with Crippen LogP contribution in [0.5, 0.6) is 0 Å². The number of alkyl halides is 3. The summed E-state index contributed by atoms with van der Waals surface area (Å²) in [7, 11) is 0. The number of nitrogens with zero attached hydrogens (tertiary/aromatic N) is 1. The van der Waals surface area contributed by atoms with Crippen molar-refractivity contribution in [3.8, 4) is 0 Å². The van der Waals surface area contributed by atoms with E-state index in [0.29, 0.717) is 32.4 Å². The second-order valence-corrected chi connectivity index (χ2v) is 5.37. The molecule has 6 heteroatoms. The van der Waals surface area contributed by atoms with Crippen molar-refractivity contribution in [3.05, 3.63) is 0 Å². The molecule has 0 aromatic carbocycles. The number of ether oxygens (including phenoxy) is 1. The standard InChI is InChI=1S/C12H20F3NO2/c1-8-4-5-16(7-9(8)17)11(12(13,14)15)10-3-2-6-18-10/h8-11,17H,2-7H2,1H3. The van der Waals surface area contributed by atoms with Crippen LogP contribution in [-0.4, -0.2) is 54.1 Å². The molecule has 0 bridgehead atoms. The van der Waals surface area contributed by atoms with E-state index in [9.17, 15) is 18.3 Å². The first kappa shape index (κ1) is 14.1. The lowest BCUT2D eigenvalue weighted by atomic mass is 9.93. The highest BCUT2D eigenvalue weighted by Gasteiger charge is 2.50. The highest BCUT2D eigenvalue weighted by atomic mass is 19.4. The summed E-state index contributed by atoms with van der Waals surface area (Å²) in [5.74, 6) is 0.0691. The molecule has 0 aliphatic carbocycles. The normalized spacial score (nSPS) is 36.8. The van der Waals surface area contributed by atoms with Gasteiger partial charge in [0.2, 0.25) is 0 Å². The zero-order valence-electron chi connectivity index (χ0n) is 10.5. The topological polar surface area (TPSA) is 32.7 Å². The van der Waals surface area contributed by atoms with Crippen LogP contribution in [0.2, 0.25) is 0 Å². The summed E-state index contributed by atoms with van der Waals surface area (Å²) in [4.78, 5) is 1.35. The Bertz CT molecular complexity index is 279. The number of likely N-dealkylation sites (tertiary alicyclic amines) is 1. The number of rotatable bonds is 2. The number of piperidine rings is 1. The average Bonchev–Trinajstić information content (AvgIpc) is 2.75. The van der Waals surface area contributed by atoms with Crippen LogP contribution < -0.4 is 0 Å². The zero-order chi connectivity index (χ0) is 13.3. The Kier molecular flexibility index (Phi) is 4.18. The monoisotopic (exact) mass is 267 g/mol. The van der Waals surface area contributed by atoms with Gasteiger partial charge < -0.3 is 9.84 Å². The Balaban J connectivity index is 2.09. The van der Waals surface area contributed by atoms with Crippen molar-refractivity contribution >= 4 is 0 Å². The van der Waals surface area contributed by atoms with Crippen LogP contribution in [0.1, 0.15) is 26.2 Å². The van der Waals surface area contributed by atoms with Crippen LogP contribution in [0.4, 0.5) is 13.2 Å². The summed E-state index contributed by atoms with van der Waals surface area (Å²) in [5.41, 5.74) is 0. The van der Waals surface area contributed by atoms with Crippen LogP contribution in [0.3, 0.4) is 0 Å². The predicted octanol–water partition coefficient (Wildman–Crippen LogP) is 1.80. The molecule has 2 aliphatic rings. The van der Waals surface area contributed by atoms with E-state index >= 15 is 0 Å². The molecule has 0 amide bonds. The van der Waals surface area contributed by atoms with Gasteiger partial charge in [0.05, 0.1) is 12.2 Å². The first-order valence-corrected chi connectivity index (χ1v) is 6.50. The fraction of sp³-hybridized carbons (Fsp3) is 1.00. The number of hydrogen-bond donors (Lipinski definition) is 1. The van der Waals surface area contributed by atoms with Gasteiger partial charge in [-0.2, -0.15) is 13.2 Å². The molecule has 2 saturated heterocycles. The van der Waals surface area contributed by atoms with Gasteiger partial charge in [-0.3, -0.25) is 4.90 Å². The quantitative estimate of drug-likeness (QED) is 0.828. The van der Waals surface area contributed by atoms with Gasteiger partial charge in [-0.1, -0.05) is 6.92 Å². The summed E-state index contributed by atoms with van der Waals surface area (Å²) in [6.45, 7) is 2.74. The van der Waals surface area contributed by atoms with Crippen molar-refractivity contribution < 1.29 is 23.0 Å². The Morgan fingerprint density at radius 2 is 2.06 bits per heavy atom. The molecule has 2 heterocycles. The first-order valence-electron chi connectivity index (χ1n) is 6.50. The minimum atomic E-state index is -4.30. The molecule has 106 valence electrons. The van der Waals surface area contributed by atoms with Crippen LogP contribution in [0.25, 0.3) is 0 Å². The van der Waals surface area contributed by atoms with E-state index in [4.69, 9.17) is 4.74 Å². The molecule has 4 atom stereocenters. The molecular formula is C12H20F3NO2. The minimum absolute atomic E-state index is 0.0691. The largest absolute Gasteiger partial charge is 0.406 e. The number of aliphatic hydroxyl groups is 1. The maximum Gasteiger partial charge on any atom is 0.406 e. The van der Waals surface area contributed by atoms with Gasteiger partial charge >= 0.3 is 6.18 Å². The minimum Gasteiger partial charge on any atom is -0.392 e. The Labute approximate surface area is 105 Å². The number of halogens is 3. The third-order valence-corrected chi connectivity index (χ3v) is 4.00. The molecule has 2 rings (SSSR count). The van der Waals surface area contributed by atoms with Crippen molar-refractivity contribution in [1.29, 1.82) is 0 Å². The van der Waals surface area contributed by atoms with E-state index < -0.39 is 24.4 Å². The summed E-state index contributed by atoms with van der Waals surface area (Å²) < 4.78 is 44.7. The molecule has 0 spiro atoms. The Morgan fingerprint density at radius 3 is 2.56 bits per heavy atom. The fourth-order valence-electron chi connectivity index (χ4n) is 2.83. The van der Waals surface area contributed by atoms with E-state index in [1.54, 1.807) is 0 Å². The molecule has 2 aliphatic heterocycles. The molecule has 0 aromatic heterocycles. The van der Waals surface area contributed by atoms with Gasteiger partial charge in [0.25, 0.3) is 0 Å². The zero-order valence-corrected chi connectivity index (χ0v) is 10.5. The molecule has 3 nitrogen and oxygen atoms in total. The molecule has 0 aromatic rings. The summed E-state index contributed by atoms with van der Waals surface area (Å²) >= 11 is 0. The number of aliphatic hydroxyl groups excluding tert-OH is 1. The Morgan fingerprint density at radius 1 is 1.33 bits per heavy atom. The van der Waals surface area contributed by atoms with Gasteiger partial charge in [-0.25, -0.2) is 0 Å². The fourth-order valence-corrected chi connectivity index (χ4v) is 2.83. The predicted molar refractivity (Wildman–Crippen MR) is 60.2 cm³/mol. The van der Waals surface area contributed by atoms with Gasteiger partial charge in [-0.15, -0.1) is 0 Å². The van der Waals surface area contributed by atoms with E-state index in [1.165, 1.54) is 4.90 Å². The SMILES string of the molecule is CC1CCN(C(C2CCCO2)C(F)(F)F)CC1O. The summed E-state index contributed by atoms with van der Waals surface area (Å²) in [5, 5.41) is 9.76. The summed E-state index contributed by atoms with van der Waals surface area (Å²) in [6.07, 6.45) is -4.01. The van der Waals surface area contributed by atoms with E-state index in [-0.39, 0.29) is 12.5 Å². The average molecular weight is 267 g/mol. The van der Waals surface area contributed by atoms with Crippen LogP contribution in [0.15, 0.2) is 0 Å². The van der Waals surface area contributed by atoms with Crippen LogP contribution in [0, 0.1) is 5.92 Å². The third-order valence-electron chi connectivity index (χ3n) is 4.00. The molecule has 1 N–H and O–H groups in total. The summed E-state index contributed by atoms with van der Waals surface area (Å²) in [6, 6.07) is -1.57. The number of hydrogen-bond acceptors (Lipinski definition) is 3. The molecule has 18 heavy (non-hydrogen) atoms. The van der Waals surface area contributed by atoms with Gasteiger partial charge in [0.1, 0.15) is 6.04 Å². The van der Waals surface area contributed by atoms with Gasteiger partial charge in [0, 0.05) is 13.2 Å². The second kappa shape index (κ2) is 5.35. The van der Waals surface area contributed by atoms with Crippen molar-refractivity contribution in [3.63, 3.8) is 0 Å². The second-order valence-electron chi connectivity index (χ2n) is 5.37. The van der Waals surface area contributed by atoms with Crippen LogP contribution in [-0.2, 0) is 4.74 Å². The highest BCUT2D eigenvalue weighted by molar-refractivity contribution is 4.92. The molecular weight excluding hydrogens is 247 g/mol. The first-order chi connectivity index (χ1) is 8.39. The van der Waals surface area contributed by atoms with Crippen LogP contribution >= 0.6 is 0 Å². The van der Waals surface area contributed by atoms with Crippen molar-refractivity contribution in [2.24, 2.45) is 5.92 Å². The molecule has 4 unspecified atom stereocenters. The van der Waals surface area contributed by atoms with Gasteiger partial charge in [-0.05, 0) is 31.7 Å². The lowest BCUT2D eigenvalue weighted by Gasteiger charge is -2.41. The smallest absolute Gasteiger partial charge is 0.392 e. The maximum atomic E-state index is 13.2. The Hall–Kier alpha value is -0.330. The van der Waals surface area contributed by atoms with E-state index in [0.717, 1.165) is 0 Å². The lowest BCUT2D eigenvalue weighted by molar-refractivity contribution is -0.217. The highest BCUT2D eigenvalue weighted by Crippen LogP contribution is 2.34. The molecule has 0 saturated carbocycles. The van der Waals surface area contributed by atoms with E-state index in [2.05, 4.69) is 0 Å². The molecule has 2 fully saturated rings.